The van der Waals surface area contributed by atoms with Crippen LogP contribution in [-0.4, -0.2) is 28.2 Å². The third-order valence-electron chi connectivity index (χ3n) is 4.88. The zero-order valence-electron chi connectivity index (χ0n) is 13.2. The molecule has 0 radical (unpaired) electrons. The molecular weight excluding hydrogens is 310 g/mol. The molecule has 2 heterocycles. The Balaban J connectivity index is 1.48. The average Bonchev–Trinajstić information content (AvgIpc) is 3.22. The molecule has 1 aliphatic heterocycles. The first-order valence-electron chi connectivity index (χ1n) is 8.45. The van der Waals surface area contributed by atoms with Gasteiger partial charge < -0.3 is 14.6 Å². The van der Waals surface area contributed by atoms with Crippen LogP contribution in [0.25, 0.3) is 11.3 Å². The summed E-state index contributed by atoms with van der Waals surface area (Å²) in [6.45, 7) is 2.34. The van der Waals surface area contributed by atoms with E-state index in [0.29, 0.717) is 12.6 Å². The molecule has 1 fully saturated rings. The Labute approximate surface area is 141 Å². The Hall–Kier alpha value is -1.36. The first-order chi connectivity index (χ1) is 11.3. The van der Waals surface area contributed by atoms with Crippen LogP contribution in [0.2, 0.25) is 5.02 Å². The van der Waals surface area contributed by atoms with Crippen molar-refractivity contribution in [1.82, 2.24) is 14.9 Å². The van der Waals surface area contributed by atoms with E-state index in [4.69, 9.17) is 16.3 Å². The normalized spacial score (nSPS) is 21.5. The molecule has 1 aliphatic carbocycles. The van der Waals surface area contributed by atoms with Crippen LogP contribution in [0.1, 0.15) is 31.5 Å². The third kappa shape index (κ3) is 3.30. The molecule has 0 bridgehead atoms. The summed E-state index contributed by atoms with van der Waals surface area (Å²) in [6.07, 6.45) is 7.45. The van der Waals surface area contributed by atoms with E-state index in [1.54, 1.807) is 0 Å². The molecule has 1 unspecified atom stereocenters. The summed E-state index contributed by atoms with van der Waals surface area (Å²) in [7, 11) is 0. The zero-order valence-corrected chi connectivity index (χ0v) is 13.9. The number of hydrogen-bond acceptors (Lipinski definition) is 3. The van der Waals surface area contributed by atoms with E-state index < -0.39 is 0 Å². The predicted octanol–water partition coefficient (Wildman–Crippen LogP) is 3.63. The van der Waals surface area contributed by atoms with Gasteiger partial charge in [-0.15, -0.1) is 0 Å². The van der Waals surface area contributed by atoms with Crippen LogP contribution in [0.3, 0.4) is 0 Å². The Kier molecular flexibility index (Phi) is 4.38. The molecule has 0 amide bonds. The first kappa shape index (κ1) is 15.2. The van der Waals surface area contributed by atoms with Crippen LogP contribution >= 0.6 is 11.6 Å². The molecule has 4 nitrogen and oxygen atoms in total. The molecule has 4 rings (SSSR count). The van der Waals surface area contributed by atoms with Crippen molar-refractivity contribution in [1.29, 1.82) is 0 Å². The predicted molar refractivity (Wildman–Crippen MR) is 91.5 cm³/mol. The molecule has 0 saturated heterocycles. The van der Waals surface area contributed by atoms with Crippen molar-refractivity contribution in [3.8, 4) is 11.3 Å². The molecule has 122 valence electrons. The van der Waals surface area contributed by atoms with Crippen molar-refractivity contribution in [3.05, 3.63) is 41.3 Å². The highest BCUT2D eigenvalue weighted by Crippen LogP contribution is 2.27. The van der Waals surface area contributed by atoms with Gasteiger partial charge in [-0.05, 0) is 25.0 Å². The zero-order chi connectivity index (χ0) is 15.6. The van der Waals surface area contributed by atoms with E-state index in [2.05, 4.69) is 20.9 Å². The molecular formula is C18H22ClN3O. The van der Waals surface area contributed by atoms with Gasteiger partial charge in [-0.25, -0.2) is 4.98 Å². The highest BCUT2D eigenvalue weighted by atomic mass is 35.5. The fourth-order valence-corrected chi connectivity index (χ4v) is 3.80. The molecule has 23 heavy (non-hydrogen) atoms. The van der Waals surface area contributed by atoms with Gasteiger partial charge in [0.2, 0.25) is 0 Å². The summed E-state index contributed by atoms with van der Waals surface area (Å²) in [5.41, 5.74) is 2.23. The molecule has 1 atom stereocenters. The molecule has 2 aromatic rings. The van der Waals surface area contributed by atoms with Gasteiger partial charge in [-0.3, -0.25) is 0 Å². The van der Waals surface area contributed by atoms with E-state index in [1.807, 2.05) is 24.4 Å². The first-order valence-corrected chi connectivity index (χ1v) is 8.83. The lowest BCUT2D eigenvalue weighted by Crippen LogP contribution is -2.39. The van der Waals surface area contributed by atoms with Gasteiger partial charge >= 0.3 is 0 Å². The molecule has 1 aromatic carbocycles. The number of fused-ring (bicyclic) bond motifs is 1. The number of ether oxygens (including phenoxy) is 1. The Bertz CT molecular complexity index is 679. The summed E-state index contributed by atoms with van der Waals surface area (Å²) in [6, 6.07) is 8.63. The van der Waals surface area contributed by atoms with Gasteiger partial charge in [0, 0.05) is 23.2 Å². The molecule has 5 heteroatoms. The van der Waals surface area contributed by atoms with Crippen molar-refractivity contribution in [2.45, 2.75) is 51.0 Å². The number of nitrogens with zero attached hydrogens (tertiary/aromatic N) is 2. The van der Waals surface area contributed by atoms with E-state index in [0.717, 1.165) is 35.2 Å². The van der Waals surface area contributed by atoms with E-state index >= 15 is 0 Å². The fourth-order valence-electron chi connectivity index (χ4n) is 3.61. The fraction of sp³-hybridized carbons (Fsp3) is 0.500. The Morgan fingerprint density at radius 3 is 3.00 bits per heavy atom. The lowest BCUT2D eigenvalue weighted by atomic mass is 10.1. The van der Waals surface area contributed by atoms with Crippen LogP contribution in [-0.2, 0) is 17.9 Å². The number of nitrogens with one attached hydrogen (secondary N) is 1. The van der Waals surface area contributed by atoms with E-state index in [-0.39, 0.29) is 6.10 Å². The van der Waals surface area contributed by atoms with Crippen LogP contribution in [0.15, 0.2) is 30.5 Å². The molecule has 1 N–H and O–H groups in total. The maximum absolute atomic E-state index is 6.13. The van der Waals surface area contributed by atoms with Crippen LogP contribution in [0, 0.1) is 0 Å². The highest BCUT2D eigenvalue weighted by molar-refractivity contribution is 6.30. The van der Waals surface area contributed by atoms with Gasteiger partial charge in [-0.1, -0.05) is 36.6 Å². The second kappa shape index (κ2) is 6.63. The van der Waals surface area contributed by atoms with Crippen LogP contribution < -0.4 is 5.32 Å². The lowest BCUT2D eigenvalue weighted by molar-refractivity contribution is 0.00206. The number of rotatable bonds is 4. The minimum absolute atomic E-state index is 0.204. The largest absolute Gasteiger partial charge is 0.367 e. The van der Waals surface area contributed by atoms with Gasteiger partial charge in [0.1, 0.15) is 12.4 Å². The van der Waals surface area contributed by atoms with Crippen LogP contribution in [0.5, 0.6) is 0 Å². The minimum Gasteiger partial charge on any atom is -0.367 e. The number of imidazole rings is 1. The van der Waals surface area contributed by atoms with Gasteiger partial charge in [0.25, 0.3) is 0 Å². The second-order valence-corrected chi connectivity index (χ2v) is 6.94. The Morgan fingerprint density at radius 1 is 1.30 bits per heavy atom. The summed E-state index contributed by atoms with van der Waals surface area (Å²) >= 11 is 6.13. The lowest BCUT2D eigenvalue weighted by Gasteiger charge is -2.27. The summed E-state index contributed by atoms with van der Waals surface area (Å²) in [5, 5.41) is 4.42. The molecule has 0 spiro atoms. The topological polar surface area (TPSA) is 39.1 Å². The van der Waals surface area contributed by atoms with E-state index in [1.165, 1.54) is 25.7 Å². The maximum atomic E-state index is 6.13. The average molecular weight is 332 g/mol. The smallest absolute Gasteiger partial charge is 0.135 e. The second-order valence-electron chi connectivity index (χ2n) is 6.50. The van der Waals surface area contributed by atoms with Gasteiger partial charge in [0.05, 0.1) is 24.5 Å². The SMILES string of the molecule is Clc1cccc(-c2cnc3n2CC(CNC2CCCC2)OC3)c1. The van der Waals surface area contributed by atoms with E-state index in [9.17, 15) is 0 Å². The van der Waals surface area contributed by atoms with Crippen molar-refractivity contribution < 1.29 is 4.74 Å². The van der Waals surface area contributed by atoms with Crippen molar-refractivity contribution in [2.24, 2.45) is 0 Å². The quantitative estimate of drug-likeness (QED) is 0.929. The number of aromatic nitrogens is 2. The maximum Gasteiger partial charge on any atom is 0.135 e. The number of hydrogen-bond donors (Lipinski definition) is 1. The van der Waals surface area contributed by atoms with Crippen molar-refractivity contribution in [3.63, 3.8) is 0 Å². The van der Waals surface area contributed by atoms with Crippen molar-refractivity contribution in [2.75, 3.05) is 6.54 Å². The number of benzene rings is 1. The molecule has 2 aliphatic rings. The summed E-state index contributed by atoms with van der Waals surface area (Å²) in [4.78, 5) is 4.51. The summed E-state index contributed by atoms with van der Waals surface area (Å²) < 4.78 is 8.24. The monoisotopic (exact) mass is 331 g/mol. The van der Waals surface area contributed by atoms with Crippen molar-refractivity contribution >= 4 is 11.6 Å². The molecule has 1 saturated carbocycles. The summed E-state index contributed by atoms with van der Waals surface area (Å²) in [5.74, 6) is 0.997. The third-order valence-corrected chi connectivity index (χ3v) is 5.12. The highest BCUT2D eigenvalue weighted by Gasteiger charge is 2.24. The number of halogens is 1. The van der Waals surface area contributed by atoms with Crippen LogP contribution in [0.4, 0.5) is 0 Å². The minimum atomic E-state index is 0.204. The molecule has 1 aromatic heterocycles. The Morgan fingerprint density at radius 2 is 2.17 bits per heavy atom. The van der Waals surface area contributed by atoms with Gasteiger partial charge in [0.15, 0.2) is 0 Å². The van der Waals surface area contributed by atoms with Gasteiger partial charge in [-0.2, -0.15) is 0 Å². The standard InChI is InChI=1S/C18H22ClN3O/c19-14-5-3-4-13(8-14)17-10-21-18-12-23-16(11-22(17)18)9-20-15-6-1-2-7-15/h3-5,8,10,15-16,20H,1-2,6-7,9,11-12H2.